The molecule has 27 heavy (non-hydrogen) atoms. The summed E-state index contributed by atoms with van der Waals surface area (Å²) >= 11 is 0. The number of rotatable bonds is 8. The van der Waals surface area contributed by atoms with Crippen LogP contribution in [0.25, 0.3) is 0 Å². The minimum Gasteiger partial charge on any atom is -0.462 e. The molecule has 0 atom stereocenters. The molecular weight excluding hydrogens is 348 g/mol. The fourth-order valence-corrected chi connectivity index (χ4v) is 1.99. The fraction of sp³-hybridized carbons (Fsp3) is 0.333. The number of ether oxygens (including phenoxy) is 2. The summed E-state index contributed by atoms with van der Waals surface area (Å²) in [4.78, 5) is 23.8. The van der Waals surface area contributed by atoms with Crippen LogP contribution >= 0.6 is 0 Å². The highest BCUT2D eigenvalue weighted by atomic mass is 16.5. The van der Waals surface area contributed by atoms with Crippen molar-refractivity contribution >= 4 is 11.9 Å². The second-order valence-corrected chi connectivity index (χ2v) is 5.65. The number of aliphatic hydroxyl groups is 2. The molecule has 0 aliphatic heterocycles. The van der Waals surface area contributed by atoms with Gasteiger partial charge in [-0.05, 0) is 30.7 Å². The van der Waals surface area contributed by atoms with Gasteiger partial charge in [-0.2, -0.15) is 0 Å². The summed E-state index contributed by atoms with van der Waals surface area (Å²) in [5.41, 5.74) is 1.03. The summed E-state index contributed by atoms with van der Waals surface area (Å²) in [5.74, 6) is -0.743. The van der Waals surface area contributed by atoms with Gasteiger partial charge >= 0.3 is 11.9 Å². The first kappa shape index (κ1) is 22.3. The Labute approximate surface area is 159 Å². The third kappa shape index (κ3) is 8.99. The maximum Gasteiger partial charge on any atom is 0.338 e. The van der Waals surface area contributed by atoms with Crippen LogP contribution in [-0.2, 0) is 9.47 Å². The quantitative estimate of drug-likeness (QED) is 0.690. The molecule has 0 fully saturated rings. The van der Waals surface area contributed by atoms with E-state index in [9.17, 15) is 9.59 Å². The molecule has 2 aromatic rings. The van der Waals surface area contributed by atoms with E-state index in [1.165, 1.54) is 0 Å². The molecule has 0 unspecified atom stereocenters. The lowest BCUT2D eigenvalue weighted by Gasteiger charge is -2.15. The first-order chi connectivity index (χ1) is 13.1. The van der Waals surface area contributed by atoms with Gasteiger partial charge in [0.1, 0.15) is 0 Å². The summed E-state index contributed by atoms with van der Waals surface area (Å²) in [7, 11) is 0. The van der Waals surface area contributed by atoms with Crippen LogP contribution in [-0.4, -0.2) is 48.6 Å². The van der Waals surface area contributed by atoms with Gasteiger partial charge in [-0.15, -0.1) is 0 Å². The van der Waals surface area contributed by atoms with Gasteiger partial charge in [0.2, 0.25) is 0 Å². The number of hydrogen-bond acceptors (Lipinski definition) is 6. The van der Waals surface area contributed by atoms with Crippen LogP contribution in [0.2, 0.25) is 0 Å². The highest BCUT2D eigenvalue weighted by Crippen LogP contribution is 2.09. The predicted molar refractivity (Wildman–Crippen MR) is 101 cm³/mol. The van der Waals surface area contributed by atoms with Crippen molar-refractivity contribution in [1.29, 1.82) is 0 Å². The summed E-state index contributed by atoms with van der Waals surface area (Å²) in [6.45, 7) is 2.18. The molecular formula is C21H26O6. The van der Waals surface area contributed by atoms with Crippen LogP contribution in [0.15, 0.2) is 60.7 Å². The SMILES string of the molecule is CCC(COC(=O)c1ccccc1)COC(=O)c1ccccc1.OCCO. The van der Waals surface area contributed by atoms with Crippen LogP contribution in [0.3, 0.4) is 0 Å². The van der Waals surface area contributed by atoms with E-state index in [4.69, 9.17) is 19.7 Å². The highest BCUT2D eigenvalue weighted by molar-refractivity contribution is 5.89. The van der Waals surface area contributed by atoms with Crippen molar-refractivity contribution in [3.05, 3.63) is 71.8 Å². The molecule has 0 aliphatic carbocycles. The van der Waals surface area contributed by atoms with Gasteiger partial charge < -0.3 is 19.7 Å². The summed E-state index contributed by atoms with van der Waals surface area (Å²) in [6.07, 6.45) is 0.754. The zero-order valence-electron chi connectivity index (χ0n) is 15.4. The lowest BCUT2D eigenvalue weighted by Crippen LogP contribution is -2.20. The third-order valence-electron chi connectivity index (χ3n) is 3.60. The Morgan fingerprint density at radius 2 is 1.15 bits per heavy atom. The minimum atomic E-state index is -0.363. The molecule has 0 saturated carbocycles. The fourth-order valence-electron chi connectivity index (χ4n) is 1.99. The summed E-state index contributed by atoms with van der Waals surface area (Å²) < 4.78 is 10.6. The number of benzene rings is 2. The summed E-state index contributed by atoms with van der Waals surface area (Å²) in [5, 5.41) is 15.2. The van der Waals surface area contributed by atoms with Gasteiger partial charge in [-0.1, -0.05) is 43.3 Å². The minimum absolute atomic E-state index is 0.0182. The lowest BCUT2D eigenvalue weighted by molar-refractivity contribution is 0.0254. The Hall–Kier alpha value is -2.70. The van der Waals surface area contributed by atoms with Crippen LogP contribution < -0.4 is 0 Å². The number of carbonyl (C=O) groups excluding carboxylic acids is 2. The van der Waals surface area contributed by atoms with Crippen LogP contribution in [0.1, 0.15) is 34.1 Å². The normalized spacial score (nSPS) is 9.93. The van der Waals surface area contributed by atoms with E-state index in [0.29, 0.717) is 11.1 Å². The zero-order valence-corrected chi connectivity index (χ0v) is 15.4. The van der Waals surface area contributed by atoms with Crippen LogP contribution in [0.4, 0.5) is 0 Å². The van der Waals surface area contributed by atoms with E-state index < -0.39 is 0 Å². The Morgan fingerprint density at radius 1 is 0.778 bits per heavy atom. The van der Waals surface area contributed by atoms with E-state index in [-0.39, 0.29) is 44.3 Å². The smallest absolute Gasteiger partial charge is 0.338 e. The average molecular weight is 374 g/mol. The molecule has 0 spiro atoms. The van der Waals surface area contributed by atoms with Gasteiger partial charge in [0.15, 0.2) is 0 Å². The van der Waals surface area contributed by atoms with Crippen molar-refractivity contribution in [2.75, 3.05) is 26.4 Å². The van der Waals surface area contributed by atoms with Crippen molar-refractivity contribution in [3.8, 4) is 0 Å². The van der Waals surface area contributed by atoms with Crippen LogP contribution in [0.5, 0.6) is 0 Å². The van der Waals surface area contributed by atoms with Gasteiger partial charge in [0, 0.05) is 5.92 Å². The van der Waals surface area contributed by atoms with E-state index in [1.54, 1.807) is 48.5 Å². The second-order valence-electron chi connectivity index (χ2n) is 5.65. The first-order valence-corrected chi connectivity index (χ1v) is 8.78. The molecule has 6 nitrogen and oxygen atoms in total. The molecule has 0 aliphatic rings. The highest BCUT2D eigenvalue weighted by Gasteiger charge is 2.15. The van der Waals surface area contributed by atoms with Gasteiger partial charge in [0.05, 0.1) is 37.6 Å². The molecule has 2 N–H and O–H groups in total. The van der Waals surface area contributed by atoms with E-state index in [1.807, 2.05) is 19.1 Å². The first-order valence-electron chi connectivity index (χ1n) is 8.78. The Morgan fingerprint density at radius 3 is 1.44 bits per heavy atom. The standard InChI is InChI=1S/C19H20O4.C2H6O2/c1-2-15(13-22-18(20)16-9-5-3-6-10-16)14-23-19(21)17-11-7-4-8-12-17;3-1-2-4/h3-12,15H,2,13-14H2,1H3;3-4H,1-2H2. The second kappa shape index (κ2) is 13.5. The maximum atomic E-state index is 11.9. The van der Waals surface area contributed by atoms with Crippen molar-refractivity contribution in [2.24, 2.45) is 5.92 Å². The predicted octanol–water partition coefficient (Wildman–Crippen LogP) is 2.70. The average Bonchev–Trinajstić information content (AvgIpc) is 2.74. The molecule has 0 aromatic heterocycles. The van der Waals surface area contributed by atoms with Gasteiger partial charge in [-0.3, -0.25) is 0 Å². The number of esters is 2. The monoisotopic (exact) mass is 374 g/mol. The van der Waals surface area contributed by atoms with E-state index >= 15 is 0 Å². The van der Waals surface area contributed by atoms with Crippen LogP contribution in [0, 0.1) is 5.92 Å². The number of aliphatic hydroxyl groups excluding tert-OH is 2. The Balaban J connectivity index is 0.000000828. The third-order valence-corrected chi connectivity index (χ3v) is 3.60. The molecule has 2 rings (SSSR count). The molecule has 0 heterocycles. The Bertz CT molecular complexity index is 599. The molecule has 0 saturated heterocycles. The van der Waals surface area contributed by atoms with Crippen molar-refractivity contribution < 1.29 is 29.3 Å². The molecule has 6 heteroatoms. The van der Waals surface area contributed by atoms with Gasteiger partial charge in [0.25, 0.3) is 0 Å². The van der Waals surface area contributed by atoms with E-state index in [0.717, 1.165) is 6.42 Å². The number of hydrogen-bond donors (Lipinski definition) is 2. The van der Waals surface area contributed by atoms with Crippen molar-refractivity contribution in [2.45, 2.75) is 13.3 Å². The number of carbonyl (C=O) groups is 2. The lowest BCUT2D eigenvalue weighted by atomic mass is 10.1. The molecule has 0 amide bonds. The topological polar surface area (TPSA) is 93.1 Å². The van der Waals surface area contributed by atoms with Crippen molar-refractivity contribution in [3.63, 3.8) is 0 Å². The van der Waals surface area contributed by atoms with Gasteiger partial charge in [-0.25, -0.2) is 9.59 Å². The van der Waals surface area contributed by atoms with E-state index in [2.05, 4.69) is 0 Å². The van der Waals surface area contributed by atoms with Crippen molar-refractivity contribution in [1.82, 2.24) is 0 Å². The molecule has 0 bridgehead atoms. The summed E-state index contributed by atoms with van der Waals surface area (Å²) in [6, 6.07) is 17.7. The Kier molecular flexibility index (Phi) is 11.2. The largest absolute Gasteiger partial charge is 0.462 e. The maximum absolute atomic E-state index is 11.9. The molecule has 0 radical (unpaired) electrons. The molecule has 2 aromatic carbocycles. The zero-order chi connectivity index (χ0) is 19.9. The molecule has 146 valence electrons.